The molecule has 0 spiro atoms. The van der Waals surface area contributed by atoms with Crippen LogP contribution in [0.15, 0.2) is 64.0 Å². The molecule has 0 aliphatic heterocycles. The molecule has 3 heteroatoms. The van der Waals surface area contributed by atoms with Crippen molar-refractivity contribution in [1.82, 2.24) is 0 Å². The van der Waals surface area contributed by atoms with E-state index in [0.717, 1.165) is 38.3 Å². The number of fused-ring (bicyclic) bond motifs is 5. The molecular weight excluding hydrogens is 274 g/mol. The largest absolute Gasteiger partial charge is 0.455 e. The number of hydrogen-bond acceptors (Lipinski definition) is 2. The van der Waals surface area contributed by atoms with Crippen molar-refractivity contribution >= 4 is 44.8 Å². The average Bonchev–Trinajstić information content (AvgIpc) is 2.92. The highest BCUT2D eigenvalue weighted by Gasteiger charge is 2.12. The molecule has 0 saturated carbocycles. The lowest BCUT2D eigenvalue weighted by molar-refractivity contribution is -0.115. The highest BCUT2D eigenvalue weighted by molar-refractivity contribution is 6.17. The molecule has 4 aromatic rings. The number of carbonyl (C=O) groups is 1. The van der Waals surface area contributed by atoms with Crippen molar-refractivity contribution < 1.29 is 9.21 Å². The van der Waals surface area contributed by atoms with Gasteiger partial charge in [-0.05, 0) is 17.5 Å². The van der Waals surface area contributed by atoms with Gasteiger partial charge in [0, 0.05) is 34.9 Å². The van der Waals surface area contributed by atoms with Gasteiger partial charge in [-0.15, -0.1) is 0 Å². The smallest absolute Gasteiger partial charge is 0.242 e. The first-order chi connectivity index (χ1) is 10.7. The Hall–Kier alpha value is -2.94. The number of para-hydroxylation sites is 1. The van der Waals surface area contributed by atoms with E-state index in [1.54, 1.807) is 6.21 Å². The SMILES string of the molecule is CC(=O)N=Cc1cccc2c1oc1c3ccccc3ccc21. The van der Waals surface area contributed by atoms with Gasteiger partial charge in [-0.2, -0.15) is 0 Å². The monoisotopic (exact) mass is 287 g/mol. The van der Waals surface area contributed by atoms with Crippen molar-refractivity contribution in [1.29, 1.82) is 0 Å². The van der Waals surface area contributed by atoms with E-state index in [9.17, 15) is 4.79 Å². The second-order valence-electron chi connectivity index (χ2n) is 5.27. The van der Waals surface area contributed by atoms with Crippen LogP contribution in [0.25, 0.3) is 32.7 Å². The Morgan fingerprint density at radius 2 is 1.68 bits per heavy atom. The van der Waals surface area contributed by atoms with Gasteiger partial charge in [0.25, 0.3) is 0 Å². The molecule has 0 atom stereocenters. The summed E-state index contributed by atoms with van der Waals surface area (Å²) < 4.78 is 6.13. The Bertz CT molecular complexity index is 1060. The summed E-state index contributed by atoms with van der Waals surface area (Å²) in [4.78, 5) is 14.9. The molecule has 0 aliphatic carbocycles. The number of furan rings is 1. The first-order valence-electron chi connectivity index (χ1n) is 7.11. The zero-order valence-electron chi connectivity index (χ0n) is 12.0. The predicted molar refractivity (Wildman–Crippen MR) is 89.5 cm³/mol. The van der Waals surface area contributed by atoms with Gasteiger partial charge in [0.05, 0.1) is 0 Å². The molecule has 106 valence electrons. The quantitative estimate of drug-likeness (QED) is 0.476. The Morgan fingerprint density at radius 3 is 2.55 bits per heavy atom. The molecule has 1 amide bonds. The fourth-order valence-corrected chi connectivity index (χ4v) is 2.81. The van der Waals surface area contributed by atoms with Crippen molar-refractivity contribution in [2.45, 2.75) is 6.92 Å². The molecule has 1 aromatic heterocycles. The van der Waals surface area contributed by atoms with E-state index in [1.807, 2.05) is 30.3 Å². The number of hydrogen-bond donors (Lipinski definition) is 0. The summed E-state index contributed by atoms with van der Waals surface area (Å²) in [5, 5.41) is 4.35. The molecule has 3 nitrogen and oxygen atoms in total. The Morgan fingerprint density at radius 1 is 0.909 bits per heavy atom. The minimum atomic E-state index is -0.224. The summed E-state index contributed by atoms with van der Waals surface area (Å²) >= 11 is 0. The maximum atomic E-state index is 11.1. The first kappa shape index (κ1) is 12.8. The van der Waals surface area contributed by atoms with Crippen LogP contribution in [0.1, 0.15) is 12.5 Å². The van der Waals surface area contributed by atoms with Crippen LogP contribution >= 0.6 is 0 Å². The van der Waals surface area contributed by atoms with Crippen molar-refractivity contribution in [2.75, 3.05) is 0 Å². The maximum Gasteiger partial charge on any atom is 0.242 e. The third-order valence-electron chi connectivity index (χ3n) is 3.80. The van der Waals surface area contributed by atoms with Crippen molar-refractivity contribution in [3.63, 3.8) is 0 Å². The number of aliphatic imine (C=N–C) groups is 1. The summed E-state index contributed by atoms with van der Waals surface area (Å²) in [6.07, 6.45) is 1.56. The van der Waals surface area contributed by atoms with Crippen LogP contribution in [0.5, 0.6) is 0 Å². The van der Waals surface area contributed by atoms with Gasteiger partial charge in [0.15, 0.2) is 0 Å². The molecule has 0 unspecified atom stereocenters. The van der Waals surface area contributed by atoms with Crippen LogP contribution in [0.4, 0.5) is 0 Å². The molecule has 4 rings (SSSR count). The molecule has 0 N–H and O–H groups in total. The van der Waals surface area contributed by atoms with E-state index in [0.29, 0.717) is 0 Å². The Kier molecular flexibility index (Phi) is 2.79. The lowest BCUT2D eigenvalue weighted by atomic mass is 10.1. The summed E-state index contributed by atoms with van der Waals surface area (Å²) in [6.45, 7) is 1.43. The van der Waals surface area contributed by atoms with Gasteiger partial charge in [-0.1, -0.05) is 42.5 Å². The zero-order chi connectivity index (χ0) is 15.1. The molecule has 1 heterocycles. The fraction of sp³-hybridized carbons (Fsp3) is 0.0526. The van der Waals surface area contributed by atoms with Crippen LogP contribution in [-0.2, 0) is 4.79 Å². The van der Waals surface area contributed by atoms with Crippen molar-refractivity contribution in [3.8, 4) is 0 Å². The maximum absolute atomic E-state index is 11.1. The molecule has 0 radical (unpaired) electrons. The van der Waals surface area contributed by atoms with Gasteiger partial charge in [-0.25, -0.2) is 4.99 Å². The summed E-state index contributed by atoms with van der Waals surface area (Å²) in [6, 6.07) is 18.2. The molecule has 0 bridgehead atoms. The second kappa shape index (κ2) is 4.81. The highest BCUT2D eigenvalue weighted by atomic mass is 16.3. The van der Waals surface area contributed by atoms with Gasteiger partial charge in [0.2, 0.25) is 5.91 Å². The summed E-state index contributed by atoms with van der Waals surface area (Å²) in [5.41, 5.74) is 2.45. The van der Waals surface area contributed by atoms with E-state index in [-0.39, 0.29) is 5.91 Å². The molecule has 0 saturated heterocycles. The summed E-state index contributed by atoms with van der Waals surface area (Å²) in [7, 11) is 0. The lowest BCUT2D eigenvalue weighted by Crippen LogP contribution is -1.87. The first-order valence-corrected chi connectivity index (χ1v) is 7.11. The average molecular weight is 287 g/mol. The third kappa shape index (κ3) is 1.91. The van der Waals surface area contributed by atoms with E-state index >= 15 is 0 Å². The van der Waals surface area contributed by atoms with Gasteiger partial charge < -0.3 is 4.42 Å². The topological polar surface area (TPSA) is 42.6 Å². The molecule has 22 heavy (non-hydrogen) atoms. The minimum Gasteiger partial charge on any atom is -0.455 e. The van der Waals surface area contributed by atoms with Crippen molar-refractivity contribution in [3.05, 3.63) is 60.2 Å². The molecule has 3 aromatic carbocycles. The second-order valence-corrected chi connectivity index (χ2v) is 5.27. The molecule has 0 fully saturated rings. The van der Waals surface area contributed by atoms with Crippen LogP contribution < -0.4 is 0 Å². The van der Waals surface area contributed by atoms with Gasteiger partial charge in [-0.3, -0.25) is 4.79 Å². The van der Waals surface area contributed by atoms with Crippen LogP contribution in [0, 0.1) is 0 Å². The highest BCUT2D eigenvalue weighted by Crippen LogP contribution is 2.34. The summed E-state index contributed by atoms with van der Waals surface area (Å²) in [5.74, 6) is -0.224. The van der Waals surface area contributed by atoms with E-state index in [4.69, 9.17) is 4.42 Å². The van der Waals surface area contributed by atoms with Gasteiger partial charge >= 0.3 is 0 Å². The van der Waals surface area contributed by atoms with E-state index < -0.39 is 0 Å². The van der Waals surface area contributed by atoms with Crippen molar-refractivity contribution in [2.24, 2.45) is 4.99 Å². The van der Waals surface area contributed by atoms with E-state index in [2.05, 4.69) is 29.3 Å². The molecular formula is C19H13NO2. The minimum absolute atomic E-state index is 0.224. The van der Waals surface area contributed by atoms with Crippen LogP contribution in [-0.4, -0.2) is 12.1 Å². The number of rotatable bonds is 1. The number of amides is 1. The predicted octanol–water partition coefficient (Wildman–Crippen LogP) is 4.70. The van der Waals surface area contributed by atoms with Crippen LogP contribution in [0.3, 0.4) is 0 Å². The third-order valence-corrected chi connectivity index (χ3v) is 3.80. The number of nitrogens with zero attached hydrogens (tertiary/aromatic N) is 1. The van der Waals surface area contributed by atoms with Gasteiger partial charge in [0.1, 0.15) is 11.2 Å². The fourth-order valence-electron chi connectivity index (χ4n) is 2.81. The Labute approximate surface area is 126 Å². The standard InChI is InChI=1S/C19H13NO2/c1-12(21)20-11-14-6-4-8-16-17-10-9-13-5-2-3-7-15(13)19(17)22-18(14)16/h2-11H,1H3. The normalized spacial score (nSPS) is 11.9. The zero-order valence-corrected chi connectivity index (χ0v) is 12.0. The number of benzene rings is 3. The lowest BCUT2D eigenvalue weighted by Gasteiger charge is -1.97. The Balaban J connectivity index is 2.10. The molecule has 0 aliphatic rings. The van der Waals surface area contributed by atoms with E-state index in [1.165, 1.54) is 6.92 Å². The number of carbonyl (C=O) groups excluding carboxylic acids is 1. The van der Waals surface area contributed by atoms with Crippen LogP contribution in [0.2, 0.25) is 0 Å².